The minimum absolute atomic E-state index is 0.00302. The summed E-state index contributed by atoms with van der Waals surface area (Å²) in [5.74, 6) is -0.303. The highest BCUT2D eigenvalue weighted by Crippen LogP contribution is 2.08. The summed E-state index contributed by atoms with van der Waals surface area (Å²) in [6.07, 6.45) is 0.216. The molecule has 0 spiro atoms. The third-order valence-electron chi connectivity index (χ3n) is 3.71. The van der Waals surface area contributed by atoms with Gasteiger partial charge in [-0.25, -0.2) is 4.39 Å². The van der Waals surface area contributed by atoms with E-state index in [4.69, 9.17) is 0 Å². The molecular weight excluding hydrogens is 285 g/mol. The van der Waals surface area contributed by atoms with Gasteiger partial charge in [0.1, 0.15) is 5.82 Å². The number of carbonyl (C=O) groups is 2. The van der Waals surface area contributed by atoms with Crippen molar-refractivity contribution in [3.8, 4) is 0 Å². The maximum Gasteiger partial charge on any atom is 0.234 e. The van der Waals surface area contributed by atoms with Gasteiger partial charge in [0.15, 0.2) is 0 Å². The summed E-state index contributed by atoms with van der Waals surface area (Å²) in [7, 11) is 0. The van der Waals surface area contributed by atoms with Crippen molar-refractivity contribution in [2.75, 3.05) is 39.3 Å². The van der Waals surface area contributed by atoms with Gasteiger partial charge in [-0.2, -0.15) is 0 Å². The molecule has 22 heavy (non-hydrogen) atoms. The second-order valence-electron chi connectivity index (χ2n) is 5.42. The maximum atomic E-state index is 13.1. The monoisotopic (exact) mass is 307 g/mol. The fourth-order valence-corrected chi connectivity index (χ4v) is 2.54. The Morgan fingerprint density at radius 1 is 1.23 bits per heavy atom. The van der Waals surface area contributed by atoms with Crippen LogP contribution in [0.25, 0.3) is 0 Å². The highest BCUT2D eigenvalue weighted by atomic mass is 19.1. The van der Waals surface area contributed by atoms with Crippen LogP contribution in [0.5, 0.6) is 0 Å². The Bertz CT molecular complexity index is 528. The molecule has 1 aromatic rings. The Morgan fingerprint density at radius 2 is 1.95 bits per heavy atom. The van der Waals surface area contributed by atoms with Crippen molar-refractivity contribution in [2.24, 2.45) is 0 Å². The molecule has 0 atom stereocenters. The molecule has 1 aromatic carbocycles. The number of benzene rings is 1. The molecular formula is C16H22FN3O2. The average molecular weight is 307 g/mol. The molecule has 2 amide bonds. The SMILES string of the molecule is CCNC(=O)CN1CCN(C(=O)Cc2cccc(F)c2)CC1. The van der Waals surface area contributed by atoms with Crippen LogP contribution in [0.1, 0.15) is 12.5 Å². The fourth-order valence-electron chi connectivity index (χ4n) is 2.54. The Kier molecular flexibility index (Phi) is 5.89. The highest BCUT2D eigenvalue weighted by molar-refractivity contribution is 5.79. The highest BCUT2D eigenvalue weighted by Gasteiger charge is 2.22. The number of carbonyl (C=O) groups excluding carboxylic acids is 2. The number of nitrogens with one attached hydrogen (secondary N) is 1. The van der Waals surface area contributed by atoms with E-state index in [-0.39, 0.29) is 24.1 Å². The van der Waals surface area contributed by atoms with E-state index in [0.717, 1.165) is 0 Å². The zero-order valence-electron chi connectivity index (χ0n) is 12.8. The lowest BCUT2D eigenvalue weighted by Gasteiger charge is -2.34. The topological polar surface area (TPSA) is 52.7 Å². The summed E-state index contributed by atoms with van der Waals surface area (Å²) < 4.78 is 13.1. The van der Waals surface area contributed by atoms with E-state index in [1.807, 2.05) is 11.8 Å². The predicted molar refractivity (Wildman–Crippen MR) is 81.8 cm³/mol. The van der Waals surface area contributed by atoms with Gasteiger partial charge in [-0.15, -0.1) is 0 Å². The van der Waals surface area contributed by atoms with Crippen molar-refractivity contribution >= 4 is 11.8 Å². The van der Waals surface area contributed by atoms with Gasteiger partial charge >= 0.3 is 0 Å². The normalized spacial score (nSPS) is 15.6. The van der Waals surface area contributed by atoms with Crippen molar-refractivity contribution in [3.05, 3.63) is 35.6 Å². The Labute approximate surface area is 130 Å². The van der Waals surface area contributed by atoms with E-state index in [1.165, 1.54) is 12.1 Å². The molecule has 0 radical (unpaired) electrons. The van der Waals surface area contributed by atoms with E-state index in [1.54, 1.807) is 17.0 Å². The van der Waals surface area contributed by atoms with Gasteiger partial charge in [-0.05, 0) is 24.6 Å². The molecule has 1 aliphatic heterocycles. The first-order valence-electron chi connectivity index (χ1n) is 7.59. The van der Waals surface area contributed by atoms with Gasteiger partial charge in [0.05, 0.1) is 13.0 Å². The van der Waals surface area contributed by atoms with Crippen LogP contribution in [0.3, 0.4) is 0 Å². The number of nitrogens with zero attached hydrogens (tertiary/aromatic N) is 2. The number of likely N-dealkylation sites (N-methyl/N-ethyl adjacent to an activating group) is 1. The summed E-state index contributed by atoms with van der Waals surface area (Å²) in [6, 6.07) is 6.13. The fraction of sp³-hybridized carbons (Fsp3) is 0.500. The van der Waals surface area contributed by atoms with Crippen LogP contribution in [-0.4, -0.2) is 60.9 Å². The summed E-state index contributed by atoms with van der Waals surface area (Å²) >= 11 is 0. The van der Waals surface area contributed by atoms with Crippen molar-refractivity contribution < 1.29 is 14.0 Å². The molecule has 0 bridgehead atoms. The number of rotatable bonds is 5. The molecule has 5 nitrogen and oxygen atoms in total. The van der Waals surface area contributed by atoms with Crippen molar-refractivity contribution in [2.45, 2.75) is 13.3 Å². The third kappa shape index (κ3) is 4.80. The van der Waals surface area contributed by atoms with E-state index in [9.17, 15) is 14.0 Å². The molecule has 120 valence electrons. The lowest BCUT2D eigenvalue weighted by molar-refractivity contribution is -0.132. The summed E-state index contributed by atoms with van der Waals surface area (Å²) in [5.41, 5.74) is 0.690. The first-order chi connectivity index (χ1) is 10.6. The molecule has 1 aliphatic rings. The summed E-state index contributed by atoms with van der Waals surface area (Å²) in [4.78, 5) is 27.6. The molecule has 1 heterocycles. The zero-order valence-corrected chi connectivity index (χ0v) is 12.8. The van der Waals surface area contributed by atoms with Crippen LogP contribution >= 0.6 is 0 Å². The number of piperazine rings is 1. The molecule has 6 heteroatoms. The van der Waals surface area contributed by atoms with Gasteiger partial charge in [0.2, 0.25) is 11.8 Å². The number of hydrogen-bond donors (Lipinski definition) is 1. The predicted octanol–water partition coefficient (Wildman–Crippen LogP) is 0.649. The molecule has 0 unspecified atom stereocenters. The second-order valence-corrected chi connectivity index (χ2v) is 5.42. The minimum Gasteiger partial charge on any atom is -0.355 e. The zero-order chi connectivity index (χ0) is 15.9. The van der Waals surface area contributed by atoms with Gasteiger partial charge < -0.3 is 10.2 Å². The molecule has 1 N–H and O–H groups in total. The Morgan fingerprint density at radius 3 is 2.59 bits per heavy atom. The summed E-state index contributed by atoms with van der Waals surface area (Å²) in [5, 5.41) is 2.77. The second kappa shape index (κ2) is 7.89. The lowest BCUT2D eigenvalue weighted by Crippen LogP contribution is -2.51. The van der Waals surface area contributed by atoms with Crippen molar-refractivity contribution in [1.82, 2.24) is 15.1 Å². The van der Waals surface area contributed by atoms with E-state index < -0.39 is 0 Å². The van der Waals surface area contributed by atoms with E-state index in [2.05, 4.69) is 5.32 Å². The van der Waals surface area contributed by atoms with Gasteiger partial charge in [0.25, 0.3) is 0 Å². The molecule has 2 rings (SSSR count). The van der Waals surface area contributed by atoms with Crippen LogP contribution in [0.2, 0.25) is 0 Å². The first kappa shape index (κ1) is 16.4. The molecule has 1 fully saturated rings. The quantitative estimate of drug-likeness (QED) is 0.869. The van der Waals surface area contributed by atoms with Gasteiger partial charge in [-0.1, -0.05) is 12.1 Å². The van der Waals surface area contributed by atoms with Crippen molar-refractivity contribution in [3.63, 3.8) is 0 Å². The van der Waals surface area contributed by atoms with E-state index in [0.29, 0.717) is 44.8 Å². The molecule has 1 saturated heterocycles. The standard InChI is InChI=1S/C16H22FN3O2/c1-2-18-15(21)12-19-6-8-20(9-7-19)16(22)11-13-4-3-5-14(17)10-13/h3-5,10H,2,6-9,11-12H2,1H3,(H,18,21). The van der Waals surface area contributed by atoms with Gasteiger partial charge in [0, 0.05) is 32.7 Å². The third-order valence-corrected chi connectivity index (χ3v) is 3.71. The first-order valence-corrected chi connectivity index (χ1v) is 7.59. The molecule has 0 saturated carbocycles. The van der Waals surface area contributed by atoms with Crippen LogP contribution in [-0.2, 0) is 16.0 Å². The van der Waals surface area contributed by atoms with Crippen LogP contribution < -0.4 is 5.32 Å². The maximum absolute atomic E-state index is 13.1. The van der Waals surface area contributed by atoms with E-state index >= 15 is 0 Å². The largest absolute Gasteiger partial charge is 0.355 e. The average Bonchev–Trinajstić information content (AvgIpc) is 2.48. The van der Waals surface area contributed by atoms with Crippen LogP contribution in [0.15, 0.2) is 24.3 Å². The number of hydrogen-bond acceptors (Lipinski definition) is 3. The van der Waals surface area contributed by atoms with Crippen LogP contribution in [0.4, 0.5) is 4.39 Å². The lowest BCUT2D eigenvalue weighted by atomic mass is 10.1. The smallest absolute Gasteiger partial charge is 0.234 e. The van der Waals surface area contributed by atoms with Crippen molar-refractivity contribution in [1.29, 1.82) is 0 Å². The minimum atomic E-state index is -0.322. The van der Waals surface area contributed by atoms with Gasteiger partial charge in [-0.3, -0.25) is 14.5 Å². The molecule has 0 aliphatic carbocycles. The Balaban J connectivity index is 1.78. The number of halogens is 1. The number of amides is 2. The van der Waals surface area contributed by atoms with Crippen LogP contribution in [0, 0.1) is 5.82 Å². The Hall–Kier alpha value is -1.95. The molecule has 0 aromatic heterocycles. The summed E-state index contributed by atoms with van der Waals surface area (Å²) in [6.45, 7) is 5.48.